The zero-order chi connectivity index (χ0) is 17.2. The van der Waals surface area contributed by atoms with Crippen molar-refractivity contribution in [3.8, 4) is 5.75 Å². The van der Waals surface area contributed by atoms with Crippen LogP contribution in [0, 0.1) is 5.92 Å². The Balaban J connectivity index is 2.37. The predicted molar refractivity (Wildman–Crippen MR) is 88.6 cm³/mol. The zero-order valence-corrected chi connectivity index (χ0v) is 14.0. The van der Waals surface area contributed by atoms with Crippen LogP contribution in [0.5, 0.6) is 5.75 Å². The highest BCUT2D eigenvalue weighted by atomic mass is 16.5. The van der Waals surface area contributed by atoms with Gasteiger partial charge in [-0.3, -0.25) is 4.79 Å². The molecule has 6 heteroatoms. The van der Waals surface area contributed by atoms with Crippen LogP contribution in [-0.4, -0.2) is 30.3 Å². The highest BCUT2D eigenvalue weighted by Crippen LogP contribution is 2.18. The Morgan fingerprint density at radius 1 is 1.17 bits per heavy atom. The fraction of sp³-hybridized carbons (Fsp3) is 0.529. The van der Waals surface area contributed by atoms with Crippen molar-refractivity contribution in [2.75, 3.05) is 13.2 Å². The molecule has 0 spiro atoms. The van der Waals surface area contributed by atoms with E-state index in [0.717, 1.165) is 11.3 Å². The van der Waals surface area contributed by atoms with Gasteiger partial charge in [-0.05, 0) is 37.0 Å². The monoisotopic (exact) mass is 322 g/mol. The molecule has 23 heavy (non-hydrogen) atoms. The van der Waals surface area contributed by atoms with E-state index in [1.807, 2.05) is 31.2 Å². The number of carbonyl (C=O) groups is 2. The quantitative estimate of drug-likeness (QED) is 0.610. The molecule has 2 amide bonds. The molecule has 0 radical (unpaired) electrons. The second kappa shape index (κ2) is 9.71. The van der Waals surface area contributed by atoms with Gasteiger partial charge in [-0.2, -0.15) is 0 Å². The van der Waals surface area contributed by atoms with Crippen LogP contribution in [0.1, 0.15) is 45.2 Å². The number of carbonyl (C=O) groups excluding carboxylic acids is 1. The SMILES string of the molecule is CC(C)COc1ccc(C(C)NC(=O)NCCCC(=O)O)cc1. The van der Waals surface area contributed by atoms with Gasteiger partial charge >= 0.3 is 12.0 Å². The molecule has 0 saturated heterocycles. The van der Waals surface area contributed by atoms with Crippen LogP contribution in [0.3, 0.4) is 0 Å². The molecule has 0 aliphatic rings. The number of amides is 2. The van der Waals surface area contributed by atoms with Gasteiger partial charge in [-0.25, -0.2) is 4.79 Å². The van der Waals surface area contributed by atoms with E-state index in [1.165, 1.54) is 0 Å². The van der Waals surface area contributed by atoms with Gasteiger partial charge in [-0.1, -0.05) is 26.0 Å². The number of rotatable bonds is 9. The van der Waals surface area contributed by atoms with Crippen molar-refractivity contribution in [1.82, 2.24) is 10.6 Å². The number of carboxylic acids is 1. The summed E-state index contributed by atoms with van der Waals surface area (Å²) >= 11 is 0. The third-order valence-electron chi connectivity index (χ3n) is 3.16. The van der Waals surface area contributed by atoms with E-state index in [4.69, 9.17) is 9.84 Å². The van der Waals surface area contributed by atoms with Gasteiger partial charge in [0.25, 0.3) is 0 Å². The van der Waals surface area contributed by atoms with Crippen LogP contribution < -0.4 is 15.4 Å². The first-order valence-electron chi connectivity index (χ1n) is 7.87. The molecule has 1 aromatic carbocycles. The van der Waals surface area contributed by atoms with Crippen LogP contribution in [0.4, 0.5) is 4.79 Å². The first kappa shape index (κ1) is 18.8. The molecule has 1 aromatic rings. The summed E-state index contributed by atoms with van der Waals surface area (Å²) in [6.07, 6.45) is 0.465. The molecule has 128 valence electrons. The fourth-order valence-corrected chi connectivity index (χ4v) is 1.89. The maximum Gasteiger partial charge on any atom is 0.315 e. The van der Waals surface area contributed by atoms with E-state index in [9.17, 15) is 9.59 Å². The molecular weight excluding hydrogens is 296 g/mol. The van der Waals surface area contributed by atoms with Crippen molar-refractivity contribution < 1.29 is 19.4 Å². The number of hydrogen-bond donors (Lipinski definition) is 3. The number of carboxylic acid groups (broad SMARTS) is 1. The van der Waals surface area contributed by atoms with Gasteiger partial charge in [0.1, 0.15) is 5.75 Å². The summed E-state index contributed by atoms with van der Waals surface area (Å²) in [5.74, 6) is 0.424. The van der Waals surface area contributed by atoms with Crippen molar-refractivity contribution in [1.29, 1.82) is 0 Å². The smallest absolute Gasteiger partial charge is 0.315 e. The van der Waals surface area contributed by atoms with Gasteiger partial charge in [0.15, 0.2) is 0 Å². The Kier molecular flexibility index (Phi) is 7.94. The predicted octanol–water partition coefficient (Wildman–Crippen LogP) is 2.95. The number of aliphatic carboxylic acids is 1. The zero-order valence-electron chi connectivity index (χ0n) is 14.0. The summed E-state index contributed by atoms with van der Waals surface area (Å²) in [7, 11) is 0. The maximum atomic E-state index is 11.7. The summed E-state index contributed by atoms with van der Waals surface area (Å²) < 4.78 is 5.62. The molecular formula is C17H26N2O4. The summed E-state index contributed by atoms with van der Waals surface area (Å²) in [4.78, 5) is 22.1. The summed E-state index contributed by atoms with van der Waals surface area (Å²) in [5, 5.41) is 14.0. The Bertz CT molecular complexity index is 500. The van der Waals surface area contributed by atoms with E-state index in [1.54, 1.807) is 0 Å². The van der Waals surface area contributed by atoms with E-state index in [-0.39, 0.29) is 18.5 Å². The van der Waals surface area contributed by atoms with Crippen LogP contribution in [0.25, 0.3) is 0 Å². The molecule has 0 bridgehead atoms. The van der Waals surface area contributed by atoms with Crippen molar-refractivity contribution in [2.24, 2.45) is 5.92 Å². The molecule has 0 aliphatic heterocycles. The topological polar surface area (TPSA) is 87.7 Å². The second-order valence-electron chi connectivity index (χ2n) is 5.89. The van der Waals surface area contributed by atoms with Crippen molar-refractivity contribution >= 4 is 12.0 Å². The van der Waals surface area contributed by atoms with Gasteiger partial charge in [0, 0.05) is 13.0 Å². The highest BCUT2D eigenvalue weighted by molar-refractivity contribution is 5.74. The molecule has 0 heterocycles. The van der Waals surface area contributed by atoms with E-state index in [2.05, 4.69) is 24.5 Å². The lowest BCUT2D eigenvalue weighted by molar-refractivity contribution is -0.137. The van der Waals surface area contributed by atoms with Crippen molar-refractivity contribution in [2.45, 2.75) is 39.7 Å². The highest BCUT2D eigenvalue weighted by Gasteiger charge is 2.09. The fourth-order valence-electron chi connectivity index (χ4n) is 1.89. The largest absolute Gasteiger partial charge is 0.493 e. The summed E-state index contributed by atoms with van der Waals surface area (Å²) in [5.41, 5.74) is 0.975. The summed E-state index contributed by atoms with van der Waals surface area (Å²) in [6.45, 7) is 7.09. The maximum absolute atomic E-state index is 11.7. The number of nitrogens with one attached hydrogen (secondary N) is 2. The average molecular weight is 322 g/mol. The normalized spacial score (nSPS) is 11.8. The molecule has 0 aliphatic carbocycles. The minimum absolute atomic E-state index is 0.0493. The van der Waals surface area contributed by atoms with Gasteiger partial charge in [0.05, 0.1) is 12.6 Å². The molecule has 3 N–H and O–H groups in total. The second-order valence-corrected chi connectivity index (χ2v) is 5.89. The molecule has 0 saturated carbocycles. The third-order valence-corrected chi connectivity index (χ3v) is 3.16. The Hall–Kier alpha value is -2.24. The Morgan fingerprint density at radius 2 is 1.83 bits per heavy atom. The number of ether oxygens (including phenoxy) is 1. The molecule has 0 aromatic heterocycles. The molecule has 1 atom stereocenters. The molecule has 0 fully saturated rings. The number of benzene rings is 1. The molecule has 1 unspecified atom stereocenters. The van der Waals surface area contributed by atoms with Crippen molar-refractivity contribution in [3.63, 3.8) is 0 Å². The number of urea groups is 1. The van der Waals surface area contributed by atoms with Crippen molar-refractivity contribution in [3.05, 3.63) is 29.8 Å². The van der Waals surface area contributed by atoms with Gasteiger partial charge in [-0.15, -0.1) is 0 Å². The first-order chi connectivity index (χ1) is 10.9. The molecule has 6 nitrogen and oxygen atoms in total. The number of hydrogen-bond acceptors (Lipinski definition) is 3. The van der Waals surface area contributed by atoms with Crippen LogP contribution in [0.15, 0.2) is 24.3 Å². The summed E-state index contributed by atoms with van der Waals surface area (Å²) in [6, 6.07) is 7.17. The lowest BCUT2D eigenvalue weighted by Crippen LogP contribution is -2.37. The Morgan fingerprint density at radius 3 is 2.39 bits per heavy atom. The van der Waals surface area contributed by atoms with Crippen LogP contribution in [-0.2, 0) is 4.79 Å². The van der Waals surface area contributed by atoms with Gasteiger partial charge in [0.2, 0.25) is 0 Å². The standard InChI is InChI=1S/C17H26N2O4/c1-12(2)11-23-15-8-6-14(7-9-15)13(3)19-17(22)18-10-4-5-16(20)21/h6-9,12-13H,4-5,10-11H2,1-3H3,(H,20,21)(H2,18,19,22). The van der Waals surface area contributed by atoms with Gasteiger partial charge < -0.3 is 20.5 Å². The van der Waals surface area contributed by atoms with E-state index < -0.39 is 5.97 Å². The molecule has 1 rings (SSSR count). The minimum Gasteiger partial charge on any atom is -0.493 e. The lowest BCUT2D eigenvalue weighted by Gasteiger charge is -2.16. The third kappa shape index (κ3) is 8.09. The van der Waals surface area contributed by atoms with Crippen LogP contribution in [0.2, 0.25) is 0 Å². The van der Waals surface area contributed by atoms with E-state index in [0.29, 0.717) is 25.5 Å². The average Bonchev–Trinajstić information content (AvgIpc) is 2.49. The van der Waals surface area contributed by atoms with Crippen LogP contribution >= 0.6 is 0 Å². The van der Waals surface area contributed by atoms with E-state index >= 15 is 0 Å². The Labute approximate surface area is 137 Å². The first-order valence-corrected chi connectivity index (χ1v) is 7.87. The minimum atomic E-state index is -0.861. The lowest BCUT2D eigenvalue weighted by atomic mass is 10.1.